The van der Waals surface area contributed by atoms with Crippen molar-refractivity contribution in [2.75, 3.05) is 32.7 Å². The zero-order chi connectivity index (χ0) is 49.6. The highest BCUT2D eigenvalue weighted by molar-refractivity contribution is 6.13. The molecule has 0 aromatic heterocycles. The first kappa shape index (κ1) is 58.9. The fourth-order valence-electron chi connectivity index (χ4n) is 7.25. The number of imide groups is 2. The van der Waals surface area contributed by atoms with E-state index in [-0.39, 0.29) is 66.2 Å². The molecular formula is C52H83N5O9. The number of nitrogens with one attached hydrogen (secondary N) is 3. The van der Waals surface area contributed by atoms with Crippen LogP contribution >= 0.6 is 0 Å². The van der Waals surface area contributed by atoms with Gasteiger partial charge in [0, 0.05) is 75.3 Å². The lowest BCUT2D eigenvalue weighted by Crippen LogP contribution is -2.38. The Kier molecular flexibility index (Phi) is 29.7. The van der Waals surface area contributed by atoms with Crippen LogP contribution in [0, 0.1) is 42.4 Å². The molecule has 0 saturated heterocycles. The molecule has 4 N–H and O–H groups in total. The maximum Gasteiger partial charge on any atom is 0.305 e. The van der Waals surface area contributed by atoms with Gasteiger partial charge in [-0.25, -0.2) is 0 Å². The zero-order valence-electron chi connectivity index (χ0n) is 41.6. The standard InChI is InChI=1S/C19H30N2O3.C15H24N2O3.C11H16.C7H13NO3/c1-14(2)5-3-4-12-20-19(24)16-8-6-15(7-9-16)13-21-17(22)10-11-18(21)23;1-12(2)6-3-4-10-16-13(18)7-5-11-17-14(19)8-9-15(17)20;1-9(2)8-11-6-4-10(3)5-7-11;1-5(2)7(11)8-4-3-6(9)10/h10-11,14-16H,3-9,12-13H2,1-2H3,(H,20,24);8-9,12H,3-7,10-11H2,1-2H3,(H,16,18);4-7,9H,8H2,1-3H3;5H,3-4H2,1-2H3,(H,8,11)(H,9,10). The molecule has 1 aromatic carbocycles. The number of nitrogens with zero attached hydrogens (tertiary/aromatic N) is 2. The summed E-state index contributed by atoms with van der Waals surface area (Å²) in [4.78, 5) is 92.8. The topological polar surface area (TPSA) is 199 Å². The summed E-state index contributed by atoms with van der Waals surface area (Å²) >= 11 is 0. The molecule has 0 spiro atoms. The number of unbranched alkanes of at least 4 members (excludes halogenated alkanes) is 2. The first-order chi connectivity index (χ1) is 31.2. The Morgan fingerprint density at radius 3 is 1.58 bits per heavy atom. The number of aryl methyl sites for hydroxylation is 1. The molecule has 1 saturated carbocycles. The monoisotopic (exact) mass is 922 g/mol. The van der Waals surface area contributed by atoms with Crippen molar-refractivity contribution >= 4 is 47.3 Å². The maximum atomic E-state index is 12.2. The fourth-order valence-corrected chi connectivity index (χ4v) is 7.25. The maximum absolute atomic E-state index is 12.2. The summed E-state index contributed by atoms with van der Waals surface area (Å²) in [6.07, 6.45) is 17.5. The SMILES string of the molecule is CC(C)C(=O)NCCC(=O)O.CC(C)CCCCNC(=O)C1CCC(CN2C(=O)C=CC2=O)CC1.CC(C)CCCCNC(=O)CCCN1C(=O)C=CC1=O.Cc1ccc(CC(C)C)cc1. The van der Waals surface area contributed by atoms with E-state index in [1.165, 1.54) is 59.6 Å². The second kappa shape index (κ2) is 33.3. The third-order valence-corrected chi connectivity index (χ3v) is 11.2. The van der Waals surface area contributed by atoms with E-state index in [0.29, 0.717) is 44.3 Å². The Labute approximate surface area is 395 Å². The van der Waals surface area contributed by atoms with Crippen LogP contribution in [0.15, 0.2) is 48.6 Å². The molecule has 0 bridgehead atoms. The molecule has 2 heterocycles. The molecule has 3 aliphatic rings. The van der Waals surface area contributed by atoms with E-state index in [1.54, 1.807) is 13.8 Å². The highest BCUT2D eigenvalue weighted by atomic mass is 16.4. The Morgan fingerprint density at radius 1 is 0.606 bits per heavy atom. The van der Waals surface area contributed by atoms with Crippen molar-refractivity contribution < 1.29 is 43.5 Å². The van der Waals surface area contributed by atoms with Crippen LogP contribution in [0.25, 0.3) is 0 Å². The van der Waals surface area contributed by atoms with Gasteiger partial charge in [-0.2, -0.15) is 0 Å². The summed E-state index contributed by atoms with van der Waals surface area (Å²) in [5.74, 6) is 0.699. The van der Waals surface area contributed by atoms with Gasteiger partial charge in [-0.3, -0.25) is 48.2 Å². The van der Waals surface area contributed by atoms with Gasteiger partial charge in [-0.15, -0.1) is 0 Å². The highest BCUT2D eigenvalue weighted by Gasteiger charge is 2.31. The summed E-state index contributed by atoms with van der Waals surface area (Å²) in [5.41, 5.74) is 2.79. The molecule has 14 nitrogen and oxygen atoms in total. The molecule has 66 heavy (non-hydrogen) atoms. The average Bonchev–Trinajstić information content (AvgIpc) is 3.75. The van der Waals surface area contributed by atoms with Crippen molar-refractivity contribution in [3.63, 3.8) is 0 Å². The van der Waals surface area contributed by atoms with Gasteiger partial charge in [0.05, 0.1) is 6.42 Å². The summed E-state index contributed by atoms with van der Waals surface area (Å²) in [6, 6.07) is 8.79. The van der Waals surface area contributed by atoms with E-state index >= 15 is 0 Å². The third kappa shape index (κ3) is 27.4. The van der Waals surface area contributed by atoms with Crippen LogP contribution in [0.1, 0.15) is 150 Å². The van der Waals surface area contributed by atoms with Crippen LogP contribution < -0.4 is 16.0 Å². The second-order valence-electron chi connectivity index (χ2n) is 19.2. The Morgan fingerprint density at radius 2 is 1.11 bits per heavy atom. The normalized spacial score (nSPS) is 16.5. The smallest absolute Gasteiger partial charge is 0.305 e. The van der Waals surface area contributed by atoms with Gasteiger partial charge in [0.25, 0.3) is 23.6 Å². The molecule has 0 unspecified atom stereocenters. The van der Waals surface area contributed by atoms with E-state index < -0.39 is 5.97 Å². The van der Waals surface area contributed by atoms with Crippen molar-refractivity contribution in [3.8, 4) is 0 Å². The average molecular weight is 922 g/mol. The molecule has 0 atom stereocenters. The Bertz CT molecular complexity index is 1690. The van der Waals surface area contributed by atoms with Crippen LogP contribution in [-0.2, 0) is 44.8 Å². The lowest BCUT2D eigenvalue weighted by atomic mass is 9.81. The predicted octanol–water partition coefficient (Wildman–Crippen LogP) is 7.72. The largest absolute Gasteiger partial charge is 0.481 e. The van der Waals surface area contributed by atoms with Gasteiger partial charge in [0.1, 0.15) is 0 Å². The van der Waals surface area contributed by atoms with Crippen LogP contribution in [0.4, 0.5) is 0 Å². The summed E-state index contributed by atoms with van der Waals surface area (Å²) < 4.78 is 0. The van der Waals surface area contributed by atoms with Gasteiger partial charge in [0.2, 0.25) is 17.7 Å². The number of benzene rings is 1. The van der Waals surface area contributed by atoms with E-state index in [9.17, 15) is 38.4 Å². The van der Waals surface area contributed by atoms with E-state index in [2.05, 4.69) is 88.7 Å². The van der Waals surface area contributed by atoms with Gasteiger partial charge in [-0.1, -0.05) is 111 Å². The number of aliphatic carboxylic acids is 1. The minimum atomic E-state index is -0.894. The zero-order valence-corrected chi connectivity index (χ0v) is 41.6. The lowest BCUT2D eigenvalue weighted by molar-refractivity contribution is -0.139. The Hall–Kier alpha value is -5.14. The van der Waals surface area contributed by atoms with E-state index in [0.717, 1.165) is 74.6 Å². The quantitative estimate of drug-likeness (QED) is 0.0627. The number of carbonyl (C=O) groups excluding carboxylic acids is 7. The van der Waals surface area contributed by atoms with Crippen molar-refractivity contribution in [1.29, 1.82) is 0 Å². The first-order valence-electron chi connectivity index (χ1n) is 24.4. The predicted molar refractivity (Wildman–Crippen MR) is 260 cm³/mol. The van der Waals surface area contributed by atoms with Crippen molar-refractivity contribution in [2.24, 2.45) is 35.5 Å². The number of carboxylic acid groups (broad SMARTS) is 1. The Balaban J connectivity index is 0.000000466. The van der Waals surface area contributed by atoms with Gasteiger partial charge in [-0.05, 0) is 87.5 Å². The van der Waals surface area contributed by atoms with Crippen molar-refractivity contribution in [1.82, 2.24) is 25.8 Å². The molecule has 1 fully saturated rings. The second-order valence-corrected chi connectivity index (χ2v) is 19.2. The number of hydrogen-bond donors (Lipinski definition) is 4. The number of carboxylic acids is 1. The molecule has 1 aliphatic carbocycles. The molecule has 0 radical (unpaired) electrons. The number of carbonyl (C=O) groups is 8. The van der Waals surface area contributed by atoms with Crippen molar-refractivity contribution in [3.05, 3.63) is 59.7 Å². The number of hydrogen-bond acceptors (Lipinski definition) is 8. The van der Waals surface area contributed by atoms with Crippen molar-refractivity contribution in [2.45, 2.75) is 152 Å². The summed E-state index contributed by atoms with van der Waals surface area (Å²) in [7, 11) is 0. The molecule has 14 heteroatoms. The molecular weight excluding hydrogens is 839 g/mol. The number of rotatable bonds is 23. The third-order valence-electron chi connectivity index (χ3n) is 11.2. The first-order valence-corrected chi connectivity index (χ1v) is 24.4. The minimum Gasteiger partial charge on any atom is -0.481 e. The van der Waals surface area contributed by atoms with Crippen LogP contribution in [-0.4, -0.2) is 94.9 Å². The molecule has 370 valence electrons. The lowest BCUT2D eigenvalue weighted by Gasteiger charge is -2.30. The molecule has 2 aliphatic heterocycles. The summed E-state index contributed by atoms with van der Waals surface area (Å²) in [6.45, 7) is 21.5. The molecule has 1 aromatic rings. The van der Waals surface area contributed by atoms with Gasteiger partial charge < -0.3 is 21.1 Å². The van der Waals surface area contributed by atoms with Crippen LogP contribution in [0.5, 0.6) is 0 Å². The van der Waals surface area contributed by atoms with Crippen LogP contribution in [0.3, 0.4) is 0 Å². The molecule has 4 rings (SSSR count). The van der Waals surface area contributed by atoms with E-state index in [1.807, 2.05) is 0 Å². The fraction of sp³-hybridized carbons (Fsp3) is 0.654. The minimum absolute atomic E-state index is 0.0124. The van der Waals surface area contributed by atoms with Gasteiger partial charge in [0.15, 0.2) is 0 Å². The highest BCUT2D eigenvalue weighted by Crippen LogP contribution is 2.30. The van der Waals surface area contributed by atoms with Gasteiger partial charge >= 0.3 is 5.97 Å². The summed E-state index contributed by atoms with van der Waals surface area (Å²) in [5, 5.41) is 16.6. The van der Waals surface area contributed by atoms with E-state index in [4.69, 9.17) is 5.11 Å². The molecule has 7 amide bonds. The van der Waals surface area contributed by atoms with Crippen LogP contribution in [0.2, 0.25) is 0 Å². The number of amides is 7.